The number of carbonyl (C=O) groups excluding carboxylic acids is 2. The highest BCUT2D eigenvalue weighted by atomic mass is 16.2. The van der Waals surface area contributed by atoms with Crippen LogP contribution in [0.5, 0.6) is 0 Å². The maximum Gasteiger partial charge on any atom is 0.239 e. The number of amides is 2. The van der Waals surface area contributed by atoms with Gasteiger partial charge in [0.2, 0.25) is 11.8 Å². The van der Waals surface area contributed by atoms with Crippen molar-refractivity contribution in [3.63, 3.8) is 0 Å². The lowest BCUT2D eigenvalue weighted by atomic mass is 10.1. The fourth-order valence-electron chi connectivity index (χ4n) is 2.40. The Balaban J connectivity index is 2.04. The standard InChI is InChI=1S/C16H22N2O2/c1-11(2)10-17-15(19)14-7-8-18(16(14)20)13-6-4-5-12(3)9-13/h4-6,9,11,14H,7-8,10H2,1-3H3,(H,17,19). The molecule has 108 valence electrons. The van der Waals surface area contributed by atoms with Gasteiger partial charge in [-0.2, -0.15) is 0 Å². The molecule has 1 atom stereocenters. The minimum absolute atomic E-state index is 0.0862. The van der Waals surface area contributed by atoms with E-state index >= 15 is 0 Å². The Hall–Kier alpha value is -1.84. The number of hydrogen-bond acceptors (Lipinski definition) is 2. The molecule has 1 aliphatic heterocycles. The zero-order chi connectivity index (χ0) is 14.7. The quantitative estimate of drug-likeness (QED) is 0.855. The second-order valence-corrected chi connectivity index (χ2v) is 5.81. The molecular formula is C16H22N2O2. The van der Waals surface area contributed by atoms with E-state index in [2.05, 4.69) is 5.32 Å². The number of rotatable bonds is 4. The molecule has 0 aromatic heterocycles. The van der Waals surface area contributed by atoms with E-state index in [0.717, 1.165) is 11.3 Å². The Labute approximate surface area is 120 Å². The van der Waals surface area contributed by atoms with Crippen molar-refractivity contribution in [2.75, 3.05) is 18.0 Å². The number of anilines is 1. The Kier molecular flexibility index (Phi) is 4.42. The average Bonchev–Trinajstić information content (AvgIpc) is 2.78. The third-order valence-electron chi connectivity index (χ3n) is 3.52. The third-order valence-corrected chi connectivity index (χ3v) is 3.52. The molecule has 1 N–H and O–H groups in total. The number of nitrogens with one attached hydrogen (secondary N) is 1. The normalized spacial score (nSPS) is 18.7. The molecule has 0 radical (unpaired) electrons. The number of nitrogens with zero attached hydrogens (tertiary/aromatic N) is 1. The Morgan fingerprint density at radius 2 is 2.20 bits per heavy atom. The van der Waals surface area contributed by atoms with Gasteiger partial charge in [0.1, 0.15) is 5.92 Å². The van der Waals surface area contributed by atoms with Crippen molar-refractivity contribution in [1.29, 1.82) is 0 Å². The number of hydrogen-bond donors (Lipinski definition) is 1. The van der Waals surface area contributed by atoms with Gasteiger partial charge in [-0.05, 0) is 37.0 Å². The van der Waals surface area contributed by atoms with E-state index in [1.165, 1.54) is 0 Å². The summed E-state index contributed by atoms with van der Waals surface area (Å²) in [5, 5.41) is 2.85. The van der Waals surface area contributed by atoms with Crippen LogP contribution in [0.25, 0.3) is 0 Å². The predicted molar refractivity (Wildman–Crippen MR) is 79.5 cm³/mol. The Morgan fingerprint density at radius 1 is 1.45 bits per heavy atom. The first-order valence-electron chi connectivity index (χ1n) is 7.15. The minimum atomic E-state index is -0.533. The van der Waals surface area contributed by atoms with E-state index in [-0.39, 0.29) is 11.8 Å². The fourth-order valence-corrected chi connectivity index (χ4v) is 2.40. The van der Waals surface area contributed by atoms with Gasteiger partial charge >= 0.3 is 0 Å². The van der Waals surface area contributed by atoms with Gasteiger partial charge < -0.3 is 10.2 Å². The van der Waals surface area contributed by atoms with Crippen molar-refractivity contribution in [2.45, 2.75) is 27.2 Å². The molecule has 1 saturated heterocycles. The summed E-state index contributed by atoms with van der Waals surface area (Å²) in [5.74, 6) is -0.367. The van der Waals surface area contributed by atoms with Crippen molar-refractivity contribution in [2.24, 2.45) is 11.8 Å². The maximum atomic E-state index is 12.4. The molecule has 0 saturated carbocycles. The van der Waals surface area contributed by atoms with Crippen molar-refractivity contribution in [1.82, 2.24) is 5.32 Å². The molecule has 1 aromatic carbocycles. The highest BCUT2D eigenvalue weighted by Crippen LogP contribution is 2.26. The van der Waals surface area contributed by atoms with Crippen LogP contribution in [0.15, 0.2) is 24.3 Å². The maximum absolute atomic E-state index is 12.4. The topological polar surface area (TPSA) is 49.4 Å². The summed E-state index contributed by atoms with van der Waals surface area (Å²) in [5.41, 5.74) is 2.00. The third kappa shape index (κ3) is 3.18. The van der Waals surface area contributed by atoms with E-state index in [1.807, 2.05) is 45.0 Å². The summed E-state index contributed by atoms with van der Waals surface area (Å²) in [6.07, 6.45) is 0.594. The van der Waals surface area contributed by atoms with Crippen LogP contribution in [0.4, 0.5) is 5.69 Å². The van der Waals surface area contributed by atoms with Crippen LogP contribution in [0.3, 0.4) is 0 Å². The SMILES string of the molecule is Cc1cccc(N2CCC(C(=O)NCC(C)C)C2=O)c1. The molecule has 1 heterocycles. The molecule has 1 aromatic rings. The average molecular weight is 274 g/mol. The van der Waals surface area contributed by atoms with Crippen LogP contribution >= 0.6 is 0 Å². The first-order valence-corrected chi connectivity index (χ1v) is 7.15. The van der Waals surface area contributed by atoms with Crippen LogP contribution in [-0.4, -0.2) is 24.9 Å². The van der Waals surface area contributed by atoms with E-state index in [4.69, 9.17) is 0 Å². The number of benzene rings is 1. The van der Waals surface area contributed by atoms with E-state index in [1.54, 1.807) is 4.90 Å². The molecule has 4 heteroatoms. The molecule has 0 aliphatic carbocycles. The lowest BCUT2D eigenvalue weighted by Crippen LogP contribution is -2.38. The van der Waals surface area contributed by atoms with Crippen molar-refractivity contribution in [3.8, 4) is 0 Å². The van der Waals surface area contributed by atoms with Crippen LogP contribution in [-0.2, 0) is 9.59 Å². The zero-order valence-corrected chi connectivity index (χ0v) is 12.3. The summed E-state index contributed by atoms with van der Waals surface area (Å²) in [6.45, 7) is 7.30. The second-order valence-electron chi connectivity index (χ2n) is 5.81. The highest BCUT2D eigenvalue weighted by molar-refractivity contribution is 6.09. The molecule has 1 fully saturated rings. The van der Waals surface area contributed by atoms with E-state index in [0.29, 0.717) is 25.4 Å². The first kappa shape index (κ1) is 14.6. The number of aryl methyl sites for hydroxylation is 1. The molecule has 0 bridgehead atoms. The molecule has 1 unspecified atom stereocenters. The second kappa shape index (κ2) is 6.07. The number of carbonyl (C=O) groups is 2. The minimum Gasteiger partial charge on any atom is -0.355 e. The summed E-state index contributed by atoms with van der Waals surface area (Å²) in [4.78, 5) is 26.1. The van der Waals surface area contributed by atoms with Gasteiger partial charge in [0, 0.05) is 18.8 Å². The van der Waals surface area contributed by atoms with Crippen molar-refractivity contribution >= 4 is 17.5 Å². The molecule has 0 spiro atoms. The molecular weight excluding hydrogens is 252 g/mol. The van der Waals surface area contributed by atoms with Crippen molar-refractivity contribution in [3.05, 3.63) is 29.8 Å². The molecule has 4 nitrogen and oxygen atoms in total. The summed E-state index contributed by atoms with van der Waals surface area (Å²) in [6, 6.07) is 7.83. The van der Waals surface area contributed by atoms with Gasteiger partial charge in [0.05, 0.1) is 0 Å². The Bertz CT molecular complexity index is 511. The Morgan fingerprint density at radius 3 is 2.85 bits per heavy atom. The summed E-state index contributed by atoms with van der Waals surface area (Å²) < 4.78 is 0. The molecule has 2 rings (SSSR count). The summed E-state index contributed by atoms with van der Waals surface area (Å²) >= 11 is 0. The summed E-state index contributed by atoms with van der Waals surface area (Å²) in [7, 11) is 0. The van der Waals surface area contributed by atoms with Gasteiger partial charge in [0.25, 0.3) is 0 Å². The van der Waals surface area contributed by atoms with Gasteiger partial charge in [-0.15, -0.1) is 0 Å². The largest absolute Gasteiger partial charge is 0.355 e. The monoisotopic (exact) mass is 274 g/mol. The van der Waals surface area contributed by atoms with Crippen LogP contribution in [0.1, 0.15) is 25.8 Å². The fraction of sp³-hybridized carbons (Fsp3) is 0.500. The first-order chi connectivity index (χ1) is 9.49. The lowest BCUT2D eigenvalue weighted by molar-refractivity contribution is -0.132. The zero-order valence-electron chi connectivity index (χ0n) is 12.3. The van der Waals surface area contributed by atoms with Crippen molar-refractivity contribution < 1.29 is 9.59 Å². The van der Waals surface area contributed by atoms with Gasteiger partial charge in [-0.1, -0.05) is 26.0 Å². The smallest absolute Gasteiger partial charge is 0.239 e. The van der Waals surface area contributed by atoms with Crippen LogP contribution < -0.4 is 10.2 Å². The van der Waals surface area contributed by atoms with Crippen LogP contribution in [0.2, 0.25) is 0 Å². The predicted octanol–water partition coefficient (Wildman–Crippen LogP) is 2.12. The van der Waals surface area contributed by atoms with E-state index < -0.39 is 5.92 Å². The van der Waals surface area contributed by atoms with E-state index in [9.17, 15) is 9.59 Å². The molecule has 20 heavy (non-hydrogen) atoms. The highest BCUT2D eigenvalue weighted by Gasteiger charge is 2.37. The molecule has 1 aliphatic rings. The van der Waals surface area contributed by atoms with Gasteiger partial charge in [-0.25, -0.2) is 0 Å². The molecule has 2 amide bonds. The van der Waals surface area contributed by atoms with Crippen LogP contribution in [0, 0.1) is 18.8 Å². The lowest BCUT2D eigenvalue weighted by Gasteiger charge is -2.17. The van der Waals surface area contributed by atoms with Gasteiger partial charge in [-0.3, -0.25) is 9.59 Å². The van der Waals surface area contributed by atoms with Gasteiger partial charge in [0.15, 0.2) is 0 Å².